The van der Waals surface area contributed by atoms with E-state index < -0.39 is 12.1 Å². The van der Waals surface area contributed by atoms with Gasteiger partial charge in [0.1, 0.15) is 0 Å². The van der Waals surface area contributed by atoms with E-state index in [1.807, 2.05) is 0 Å². The summed E-state index contributed by atoms with van der Waals surface area (Å²) in [6, 6.07) is -0.545. The van der Waals surface area contributed by atoms with Gasteiger partial charge in [0, 0.05) is 12.8 Å². The van der Waals surface area contributed by atoms with Crippen LogP contribution in [0.2, 0.25) is 0 Å². The predicted octanol–water partition coefficient (Wildman–Crippen LogP) is 15.2. The first-order chi connectivity index (χ1) is 28.0. The maximum Gasteiger partial charge on any atom is 0.305 e. The average molecular weight is 808 g/mol. The van der Waals surface area contributed by atoms with E-state index in [0.29, 0.717) is 25.9 Å². The minimum absolute atomic E-state index is 0.000873. The van der Waals surface area contributed by atoms with Gasteiger partial charge in [-0.1, -0.05) is 251 Å². The topological polar surface area (TPSA) is 95.9 Å². The SMILES string of the molecule is CCCCCCCCCCCCCCCCC(O)C(CO)NC(=O)CCCCCCCCCCCCCCCCCOC(=O)CCCCCCCCCCCCC. The summed E-state index contributed by atoms with van der Waals surface area (Å²) in [6.45, 7) is 4.94. The number of hydrogen-bond donors (Lipinski definition) is 3. The Balaban J connectivity index is 3.43. The molecule has 0 aromatic rings. The van der Waals surface area contributed by atoms with Gasteiger partial charge >= 0.3 is 5.97 Å². The third-order valence-electron chi connectivity index (χ3n) is 12.2. The summed E-state index contributed by atoms with van der Waals surface area (Å²) in [5.74, 6) is -0.0410. The number of unbranched alkanes of at least 4 members (excludes halogenated alkanes) is 37. The van der Waals surface area contributed by atoms with Gasteiger partial charge in [0.2, 0.25) is 5.91 Å². The molecule has 0 rings (SSSR count). The van der Waals surface area contributed by atoms with Crippen molar-refractivity contribution in [1.82, 2.24) is 5.32 Å². The van der Waals surface area contributed by atoms with Crippen LogP contribution in [0, 0.1) is 0 Å². The molecule has 0 aliphatic rings. The molecule has 6 nitrogen and oxygen atoms in total. The molecule has 0 aliphatic carbocycles. The highest BCUT2D eigenvalue weighted by Gasteiger charge is 2.20. The van der Waals surface area contributed by atoms with Crippen LogP contribution in [0.1, 0.15) is 290 Å². The highest BCUT2D eigenvalue weighted by atomic mass is 16.5. The smallest absolute Gasteiger partial charge is 0.305 e. The highest BCUT2D eigenvalue weighted by molar-refractivity contribution is 5.76. The lowest BCUT2D eigenvalue weighted by molar-refractivity contribution is -0.143. The normalized spacial score (nSPS) is 12.6. The van der Waals surface area contributed by atoms with Crippen molar-refractivity contribution in [3.05, 3.63) is 0 Å². The molecular weight excluding hydrogens is 707 g/mol. The lowest BCUT2D eigenvalue weighted by Crippen LogP contribution is -2.45. The number of aliphatic hydroxyl groups is 2. The third-order valence-corrected chi connectivity index (χ3v) is 12.2. The van der Waals surface area contributed by atoms with E-state index in [4.69, 9.17) is 4.74 Å². The van der Waals surface area contributed by atoms with Crippen LogP contribution >= 0.6 is 0 Å². The molecule has 340 valence electrons. The molecule has 0 bridgehead atoms. The number of ether oxygens (including phenoxy) is 1. The average Bonchev–Trinajstić information content (AvgIpc) is 3.21. The van der Waals surface area contributed by atoms with E-state index in [-0.39, 0.29) is 18.5 Å². The molecule has 6 heteroatoms. The molecule has 0 aliphatic heterocycles. The fourth-order valence-electron chi connectivity index (χ4n) is 8.17. The van der Waals surface area contributed by atoms with Crippen LogP contribution < -0.4 is 5.32 Å². The van der Waals surface area contributed by atoms with Gasteiger partial charge in [-0.05, 0) is 25.7 Å². The molecule has 57 heavy (non-hydrogen) atoms. The Morgan fingerprint density at radius 3 is 1.07 bits per heavy atom. The van der Waals surface area contributed by atoms with Gasteiger partial charge in [-0.3, -0.25) is 9.59 Å². The lowest BCUT2D eigenvalue weighted by atomic mass is 10.0. The molecular formula is C51H101NO5. The summed E-state index contributed by atoms with van der Waals surface area (Å²) < 4.78 is 5.45. The van der Waals surface area contributed by atoms with Crippen LogP contribution in [-0.2, 0) is 14.3 Å². The summed E-state index contributed by atoms with van der Waals surface area (Å²) in [5.41, 5.74) is 0. The highest BCUT2D eigenvalue weighted by Crippen LogP contribution is 2.17. The van der Waals surface area contributed by atoms with Crippen LogP contribution in [0.5, 0.6) is 0 Å². The zero-order valence-electron chi connectivity index (χ0n) is 38.6. The number of esters is 1. The standard InChI is InChI=1S/C51H101NO5/c1-3-5-7-9-11-13-15-16-20-24-27-31-35-39-43-49(54)48(47-53)52-50(55)44-40-36-32-28-25-21-18-17-19-22-26-30-34-38-42-46-57-51(56)45-41-37-33-29-23-14-12-10-8-6-4-2/h48-49,53-54H,3-47H2,1-2H3,(H,52,55). The molecule has 0 saturated carbocycles. The van der Waals surface area contributed by atoms with Crippen LogP contribution in [0.15, 0.2) is 0 Å². The number of hydrogen-bond acceptors (Lipinski definition) is 5. The van der Waals surface area contributed by atoms with E-state index in [2.05, 4.69) is 19.2 Å². The molecule has 0 aromatic carbocycles. The number of amides is 1. The second kappa shape index (κ2) is 47.5. The summed E-state index contributed by atoms with van der Waals surface area (Å²) in [6.07, 6.45) is 52.1. The molecule has 2 atom stereocenters. The van der Waals surface area contributed by atoms with E-state index in [1.54, 1.807) is 0 Å². The van der Waals surface area contributed by atoms with Crippen molar-refractivity contribution < 1.29 is 24.5 Å². The van der Waals surface area contributed by atoms with Crippen molar-refractivity contribution in [2.24, 2.45) is 0 Å². The maximum atomic E-state index is 12.4. The van der Waals surface area contributed by atoms with Crippen LogP contribution in [-0.4, -0.2) is 47.4 Å². The van der Waals surface area contributed by atoms with E-state index in [9.17, 15) is 19.8 Å². The first-order valence-corrected chi connectivity index (χ1v) is 25.8. The maximum absolute atomic E-state index is 12.4. The number of carbonyl (C=O) groups is 2. The van der Waals surface area contributed by atoms with Crippen LogP contribution in [0.25, 0.3) is 0 Å². The van der Waals surface area contributed by atoms with Crippen molar-refractivity contribution in [3.63, 3.8) is 0 Å². The van der Waals surface area contributed by atoms with Crippen molar-refractivity contribution in [2.75, 3.05) is 13.2 Å². The Labute approximate surface area is 356 Å². The number of rotatable bonds is 48. The minimum Gasteiger partial charge on any atom is -0.466 e. The molecule has 1 amide bonds. The fraction of sp³-hybridized carbons (Fsp3) is 0.961. The number of nitrogens with one attached hydrogen (secondary N) is 1. The van der Waals surface area contributed by atoms with Gasteiger partial charge in [0.25, 0.3) is 0 Å². The molecule has 0 saturated heterocycles. The molecule has 3 N–H and O–H groups in total. The van der Waals surface area contributed by atoms with Gasteiger partial charge in [-0.25, -0.2) is 0 Å². The molecule has 0 fully saturated rings. The Bertz CT molecular complexity index is 806. The molecule has 0 aromatic heterocycles. The van der Waals surface area contributed by atoms with Gasteiger partial charge in [0.15, 0.2) is 0 Å². The summed E-state index contributed by atoms with van der Waals surface area (Å²) >= 11 is 0. The quantitative estimate of drug-likeness (QED) is 0.0420. The Morgan fingerprint density at radius 1 is 0.421 bits per heavy atom. The van der Waals surface area contributed by atoms with Gasteiger partial charge < -0.3 is 20.3 Å². The largest absolute Gasteiger partial charge is 0.466 e. The Hall–Kier alpha value is -1.14. The lowest BCUT2D eigenvalue weighted by Gasteiger charge is -2.22. The Kier molecular flexibility index (Phi) is 46.6. The van der Waals surface area contributed by atoms with Crippen molar-refractivity contribution in [1.29, 1.82) is 0 Å². The molecule has 0 spiro atoms. The van der Waals surface area contributed by atoms with Crippen LogP contribution in [0.3, 0.4) is 0 Å². The van der Waals surface area contributed by atoms with E-state index in [0.717, 1.165) is 44.9 Å². The second-order valence-electron chi connectivity index (χ2n) is 17.9. The minimum atomic E-state index is -0.667. The first kappa shape index (κ1) is 55.9. The van der Waals surface area contributed by atoms with Gasteiger partial charge in [0.05, 0.1) is 25.4 Å². The summed E-state index contributed by atoms with van der Waals surface area (Å²) in [4.78, 5) is 24.4. The fourth-order valence-corrected chi connectivity index (χ4v) is 8.17. The summed E-state index contributed by atoms with van der Waals surface area (Å²) in [7, 11) is 0. The third kappa shape index (κ3) is 44.2. The number of carbonyl (C=O) groups excluding carboxylic acids is 2. The number of aliphatic hydroxyl groups excluding tert-OH is 2. The monoisotopic (exact) mass is 808 g/mol. The van der Waals surface area contributed by atoms with Crippen LogP contribution in [0.4, 0.5) is 0 Å². The molecule has 2 unspecified atom stereocenters. The van der Waals surface area contributed by atoms with Gasteiger partial charge in [-0.2, -0.15) is 0 Å². The van der Waals surface area contributed by atoms with E-state index >= 15 is 0 Å². The Morgan fingerprint density at radius 2 is 0.719 bits per heavy atom. The zero-order valence-corrected chi connectivity index (χ0v) is 38.6. The van der Waals surface area contributed by atoms with E-state index in [1.165, 1.54) is 212 Å². The zero-order chi connectivity index (χ0) is 41.5. The van der Waals surface area contributed by atoms with Crippen molar-refractivity contribution in [2.45, 2.75) is 302 Å². The first-order valence-electron chi connectivity index (χ1n) is 25.8. The summed E-state index contributed by atoms with van der Waals surface area (Å²) in [5, 5.41) is 23.2. The molecule has 0 heterocycles. The molecule has 0 radical (unpaired) electrons. The van der Waals surface area contributed by atoms with Crippen molar-refractivity contribution in [3.8, 4) is 0 Å². The van der Waals surface area contributed by atoms with Crippen molar-refractivity contribution >= 4 is 11.9 Å². The van der Waals surface area contributed by atoms with Gasteiger partial charge in [-0.15, -0.1) is 0 Å². The second-order valence-corrected chi connectivity index (χ2v) is 17.9. The predicted molar refractivity (Wildman–Crippen MR) is 246 cm³/mol.